The fourth-order valence-electron chi connectivity index (χ4n) is 1.04. The Morgan fingerprint density at radius 2 is 1.94 bits per heavy atom. The minimum atomic E-state index is -1.15. The maximum atomic E-state index is 11.1. The summed E-state index contributed by atoms with van der Waals surface area (Å²) in [5.74, 6) is -1.46. The van der Waals surface area contributed by atoms with Crippen LogP contribution >= 0.6 is 0 Å². The molecule has 0 unspecified atom stereocenters. The summed E-state index contributed by atoms with van der Waals surface area (Å²) in [6.07, 6.45) is 0. The van der Waals surface area contributed by atoms with Gasteiger partial charge in [-0.1, -0.05) is 0 Å². The summed E-state index contributed by atoms with van der Waals surface area (Å²) in [6, 6.07) is 5.18. The van der Waals surface area contributed by atoms with Crippen LogP contribution in [0.2, 0.25) is 0 Å². The van der Waals surface area contributed by atoms with Crippen LogP contribution in [0, 0.1) is 10.1 Å². The molecule has 0 radical (unpaired) electrons. The van der Waals surface area contributed by atoms with Crippen molar-refractivity contribution in [1.82, 2.24) is 5.32 Å². The monoisotopic (exact) mass is 254 g/mol. The number of benzene rings is 1. The van der Waals surface area contributed by atoms with Crippen molar-refractivity contribution in [3.05, 3.63) is 34.4 Å². The number of rotatable bonds is 6. The lowest BCUT2D eigenvalue weighted by molar-refractivity contribution is -0.384. The van der Waals surface area contributed by atoms with Crippen LogP contribution in [-0.2, 0) is 9.59 Å². The summed E-state index contributed by atoms with van der Waals surface area (Å²) in [6.45, 7) is -0.840. The molecule has 0 saturated heterocycles. The van der Waals surface area contributed by atoms with E-state index in [9.17, 15) is 19.7 Å². The van der Waals surface area contributed by atoms with Crippen LogP contribution in [0.5, 0.6) is 5.75 Å². The van der Waals surface area contributed by atoms with Gasteiger partial charge in [0.05, 0.1) is 4.92 Å². The zero-order valence-electron chi connectivity index (χ0n) is 9.16. The summed E-state index contributed by atoms with van der Waals surface area (Å²) >= 11 is 0. The Bertz CT molecular complexity index is 456. The van der Waals surface area contributed by atoms with Gasteiger partial charge in [0, 0.05) is 12.1 Å². The molecule has 0 spiro atoms. The van der Waals surface area contributed by atoms with Gasteiger partial charge in [-0.25, -0.2) is 0 Å². The largest absolute Gasteiger partial charge is 0.484 e. The Balaban J connectivity index is 2.41. The van der Waals surface area contributed by atoms with Gasteiger partial charge in [-0.2, -0.15) is 0 Å². The molecule has 0 aliphatic heterocycles. The molecule has 0 aliphatic rings. The van der Waals surface area contributed by atoms with Crippen LogP contribution in [0.15, 0.2) is 24.3 Å². The molecule has 0 atom stereocenters. The highest BCUT2D eigenvalue weighted by Gasteiger charge is 2.07. The van der Waals surface area contributed by atoms with Gasteiger partial charge >= 0.3 is 5.97 Å². The average Bonchev–Trinajstić information content (AvgIpc) is 2.34. The molecule has 0 fully saturated rings. The normalized spacial score (nSPS) is 9.56. The van der Waals surface area contributed by atoms with E-state index in [1.165, 1.54) is 24.3 Å². The Morgan fingerprint density at radius 3 is 2.44 bits per heavy atom. The van der Waals surface area contributed by atoms with E-state index in [1.807, 2.05) is 0 Å². The molecule has 1 rings (SSSR count). The highest BCUT2D eigenvalue weighted by atomic mass is 16.6. The standard InChI is InChI=1S/C10H10N2O6/c13-9(11-5-10(14)15)6-18-8-3-1-7(2-4-8)12(16)17/h1-4H,5-6H2,(H,11,13)(H,14,15). The average molecular weight is 254 g/mol. The van der Waals surface area contributed by atoms with E-state index in [-0.39, 0.29) is 18.0 Å². The second kappa shape index (κ2) is 6.18. The predicted molar refractivity (Wildman–Crippen MR) is 59.2 cm³/mol. The Hall–Kier alpha value is -2.64. The van der Waals surface area contributed by atoms with Crippen LogP contribution in [-0.4, -0.2) is 35.1 Å². The van der Waals surface area contributed by atoms with Gasteiger partial charge in [0.1, 0.15) is 12.3 Å². The molecule has 96 valence electrons. The number of ether oxygens (including phenoxy) is 1. The molecular weight excluding hydrogens is 244 g/mol. The lowest BCUT2D eigenvalue weighted by atomic mass is 10.3. The smallest absolute Gasteiger partial charge is 0.322 e. The maximum absolute atomic E-state index is 11.1. The molecular formula is C10H10N2O6. The van der Waals surface area contributed by atoms with Gasteiger partial charge in [-0.05, 0) is 12.1 Å². The van der Waals surface area contributed by atoms with Crippen LogP contribution in [0.4, 0.5) is 5.69 Å². The fourth-order valence-corrected chi connectivity index (χ4v) is 1.04. The van der Waals surface area contributed by atoms with Gasteiger partial charge in [0.25, 0.3) is 11.6 Å². The van der Waals surface area contributed by atoms with E-state index in [0.717, 1.165) is 0 Å². The van der Waals surface area contributed by atoms with Crippen molar-refractivity contribution in [1.29, 1.82) is 0 Å². The van der Waals surface area contributed by atoms with Crippen molar-refractivity contribution in [3.8, 4) is 5.75 Å². The number of amides is 1. The third-order valence-electron chi connectivity index (χ3n) is 1.85. The van der Waals surface area contributed by atoms with Crippen molar-refractivity contribution in [2.45, 2.75) is 0 Å². The topological polar surface area (TPSA) is 119 Å². The number of carbonyl (C=O) groups is 2. The van der Waals surface area contributed by atoms with E-state index < -0.39 is 23.3 Å². The first-order chi connectivity index (χ1) is 8.49. The zero-order chi connectivity index (χ0) is 13.5. The number of nitro groups is 1. The molecule has 2 N–H and O–H groups in total. The number of nitrogens with zero attached hydrogens (tertiary/aromatic N) is 1. The van der Waals surface area contributed by atoms with E-state index in [1.54, 1.807) is 0 Å². The third kappa shape index (κ3) is 4.47. The summed E-state index contributed by atoms with van der Waals surface area (Å²) in [7, 11) is 0. The minimum absolute atomic E-state index is 0.0855. The summed E-state index contributed by atoms with van der Waals surface area (Å²) in [5.41, 5.74) is -0.0855. The summed E-state index contributed by atoms with van der Waals surface area (Å²) in [4.78, 5) is 31.1. The molecule has 0 aliphatic carbocycles. The first-order valence-electron chi connectivity index (χ1n) is 4.85. The Kier molecular flexibility index (Phi) is 4.61. The molecule has 18 heavy (non-hydrogen) atoms. The fraction of sp³-hybridized carbons (Fsp3) is 0.200. The maximum Gasteiger partial charge on any atom is 0.322 e. The first kappa shape index (κ1) is 13.4. The van der Waals surface area contributed by atoms with E-state index >= 15 is 0 Å². The highest BCUT2D eigenvalue weighted by Crippen LogP contribution is 2.16. The highest BCUT2D eigenvalue weighted by molar-refractivity contribution is 5.82. The number of nitro benzene ring substituents is 1. The van der Waals surface area contributed by atoms with Gasteiger partial charge in [0.15, 0.2) is 6.61 Å². The third-order valence-corrected chi connectivity index (χ3v) is 1.85. The van der Waals surface area contributed by atoms with Gasteiger partial charge in [-0.3, -0.25) is 19.7 Å². The molecule has 0 saturated carbocycles. The van der Waals surface area contributed by atoms with Gasteiger partial charge in [0.2, 0.25) is 0 Å². The number of carboxylic acid groups (broad SMARTS) is 1. The van der Waals surface area contributed by atoms with Crippen molar-refractivity contribution in [2.75, 3.05) is 13.2 Å². The second-order valence-corrected chi connectivity index (χ2v) is 3.21. The van der Waals surface area contributed by atoms with Crippen LogP contribution in [0.25, 0.3) is 0 Å². The lowest BCUT2D eigenvalue weighted by Crippen LogP contribution is -2.33. The van der Waals surface area contributed by atoms with E-state index in [2.05, 4.69) is 5.32 Å². The van der Waals surface area contributed by atoms with Crippen LogP contribution in [0.3, 0.4) is 0 Å². The number of hydrogen-bond acceptors (Lipinski definition) is 5. The van der Waals surface area contributed by atoms with Crippen LogP contribution < -0.4 is 10.1 Å². The molecule has 8 nitrogen and oxygen atoms in total. The Labute approximate surface area is 101 Å². The number of carbonyl (C=O) groups excluding carboxylic acids is 1. The molecule has 1 amide bonds. The molecule has 8 heteroatoms. The zero-order valence-corrected chi connectivity index (χ0v) is 9.16. The van der Waals surface area contributed by atoms with Crippen molar-refractivity contribution < 1.29 is 24.4 Å². The lowest BCUT2D eigenvalue weighted by Gasteiger charge is -2.05. The van der Waals surface area contributed by atoms with Gasteiger partial charge < -0.3 is 15.2 Å². The van der Waals surface area contributed by atoms with Crippen molar-refractivity contribution in [3.63, 3.8) is 0 Å². The van der Waals surface area contributed by atoms with Gasteiger partial charge in [-0.15, -0.1) is 0 Å². The van der Waals surface area contributed by atoms with Crippen LogP contribution in [0.1, 0.15) is 0 Å². The number of nitrogens with one attached hydrogen (secondary N) is 1. The number of hydrogen-bond donors (Lipinski definition) is 2. The first-order valence-corrected chi connectivity index (χ1v) is 4.85. The number of non-ortho nitro benzene ring substituents is 1. The summed E-state index contributed by atoms with van der Waals surface area (Å²) in [5, 5.41) is 20.8. The van der Waals surface area contributed by atoms with Crippen molar-refractivity contribution in [2.24, 2.45) is 0 Å². The quantitative estimate of drug-likeness (QED) is 0.551. The van der Waals surface area contributed by atoms with E-state index in [0.29, 0.717) is 0 Å². The number of carboxylic acids is 1. The SMILES string of the molecule is O=C(O)CNC(=O)COc1ccc([N+](=O)[O-])cc1. The van der Waals surface area contributed by atoms with E-state index in [4.69, 9.17) is 9.84 Å². The molecule has 0 aromatic heterocycles. The second-order valence-electron chi connectivity index (χ2n) is 3.21. The molecule has 1 aromatic carbocycles. The summed E-state index contributed by atoms with van der Waals surface area (Å²) < 4.78 is 5.01. The molecule has 1 aromatic rings. The van der Waals surface area contributed by atoms with Crippen molar-refractivity contribution >= 4 is 17.6 Å². The minimum Gasteiger partial charge on any atom is -0.484 e. The molecule has 0 heterocycles. The predicted octanol–water partition coefficient (Wildman–Crippen LogP) is 0.174. The number of aliphatic carboxylic acids is 1. The molecule has 0 bridgehead atoms. The Morgan fingerprint density at radius 1 is 1.33 bits per heavy atom.